The standard InChI is InChI=1S/C23H37N3O/c1-2-15-27-21-8-6-20(7-9-21)26-13-11-19(12-14-26)25-23-16-18(17-3-4-17)5-10-22(23)24/h5,10,16-17,19-21,25H,2-4,6-9,11-15,24H2,1H3. The molecule has 0 aromatic heterocycles. The second-order valence-corrected chi connectivity index (χ2v) is 8.88. The number of anilines is 2. The predicted octanol–water partition coefficient (Wildman–Crippen LogP) is 4.76. The van der Waals surface area contributed by atoms with Crippen LogP contribution in [0.1, 0.15) is 76.2 Å². The van der Waals surface area contributed by atoms with Crippen LogP contribution in [0.5, 0.6) is 0 Å². The number of benzene rings is 1. The lowest BCUT2D eigenvalue weighted by atomic mass is 9.90. The summed E-state index contributed by atoms with van der Waals surface area (Å²) in [7, 11) is 0. The number of rotatable bonds is 7. The third kappa shape index (κ3) is 4.97. The lowest BCUT2D eigenvalue weighted by molar-refractivity contribution is 0.00428. The maximum Gasteiger partial charge on any atom is 0.0578 e. The minimum absolute atomic E-state index is 0.516. The van der Waals surface area contributed by atoms with Gasteiger partial charge in [-0.2, -0.15) is 0 Å². The van der Waals surface area contributed by atoms with Crippen LogP contribution in [0.4, 0.5) is 11.4 Å². The van der Waals surface area contributed by atoms with Crippen molar-refractivity contribution in [2.24, 2.45) is 0 Å². The monoisotopic (exact) mass is 371 g/mol. The van der Waals surface area contributed by atoms with Gasteiger partial charge in [0.05, 0.1) is 17.5 Å². The van der Waals surface area contributed by atoms with Gasteiger partial charge in [0, 0.05) is 31.8 Å². The molecule has 1 aromatic rings. The van der Waals surface area contributed by atoms with Crippen LogP contribution in [-0.4, -0.2) is 42.8 Å². The van der Waals surface area contributed by atoms with E-state index in [9.17, 15) is 0 Å². The summed E-state index contributed by atoms with van der Waals surface area (Å²) in [6.07, 6.45) is 11.9. The van der Waals surface area contributed by atoms with E-state index < -0.39 is 0 Å². The summed E-state index contributed by atoms with van der Waals surface area (Å²) in [6, 6.07) is 7.93. The summed E-state index contributed by atoms with van der Waals surface area (Å²) in [5, 5.41) is 3.75. The summed E-state index contributed by atoms with van der Waals surface area (Å²) in [5.74, 6) is 0.782. The number of nitrogens with two attached hydrogens (primary N) is 1. The average Bonchev–Trinajstić information content (AvgIpc) is 3.54. The molecule has 27 heavy (non-hydrogen) atoms. The zero-order valence-electron chi connectivity index (χ0n) is 17.0. The van der Waals surface area contributed by atoms with E-state index in [2.05, 4.69) is 35.3 Å². The van der Waals surface area contributed by atoms with E-state index in [0.29, 0.717) is 12.1 Å². The van der Waals surface area contributed by atoms with E-state index in [1.54, 1.807) is 0 Å². The molecule has 0 unspecified atom stereocenters. The highest BCUT2D eigenvalue weighted by Gasteiger charge is 2.29. The number of piperidine rings is 1. The third-order valence-corrected chi connectivity index (χ3v) is 6.73. The van der Waals surface area contributed by atoms with Gasteiger partial charge in [0.15, 0.2) is 0 Å². The van der Waals surface area contributed by atoms with E-state index in [4.69, 9.17) is 10.5 Å². The molecule has 1 heterocycles. The van der Waals surface area contributed by atoms with Crippen molar-refractivity contribution in [2.75, 3.05) is 30.7 Å². The summed E-state index contributed by atoms with van der Waals surface area (Å²) in [4.78, 5) is 2.73. The molecule has 2 saturated carbocycles. The molecular weight excluding hydrogens is 334 g/mol. The van der Waals surface area contributed by atoms with Crippen LogP contribution >= 0.6 is 0 Å². The molecule has 1 aliphatic heterocycles. The van der Waals surface area contributed by atoms with Gasteiger partial charge in [-0.05, 0) is 81.4 Å². The molecule has 150 valence electrons. The van der Waals surface area contributed by atoms with E-state index in [-0.39, 0.29) is 0 Å². The highest BCUT2D eigenvalue weighted by atomic mass is 16.5. The van der Waals surface area contributed by atoms with Crippen molar-refractivity contribution >= 4 is 11.4 Å². The molecule has 0 spiro atoms. The van der Waals surface area contributed by atoms with Crippen molar-refractivity contribution in [2.45, 2.75) is 88.8 Å². The first-order valence-corrected chi connectivity index (χ1v) is 11.2. The summed E-state index contributed by atoms with van der Waals surface area (Å²) >= 11 is 0. The highest BCUT2D eigenvalue weighted by molar-refractivity contribution is 5.68. The maximum atomic E-state index is 6.23. The molecule has 1 saturated heterocycles. The van der Waals surface area contributed by atoms with Gasteiger partial charge in [0.2, 0.25) is 0 Å². The molecule has 3 aliphatic rings. The smallest absolute Gasteiger partial charge is 0.0578 e. The van der Waals surface area contributed by atoms with Crippen LogP contribution in [0.25, 0.3) is 0 Å². The van der Waals surface area contributed by atoms with Crippen molar-refractivity contribution in [3.05, 3.63) is 23.8 Å². The Balaban J connectivity index is 1.23. The Morgan fingerprint density at radius 2 is 1.78 bits per heavy atom. The number of likely N-dealkylation sites (tertiary alicyclic amines) is 1. The van der Waals surface area contributed by atoms with Crippen molar-refractivity contribution in [1.29, 1.82) is 0 Å². The number of nitrogens with zero attached hydrogens (tertiary/aromatic N) is 1. The number of ether oxygens (including phenoxy) is 1. The first kappa shape index (κ1) is 19.1. The van der Waals surface area contributed by atoms with E-state index in [0.717, 1.165) is 36.4 Å². The second kappa shape index (κ2) is 8.83. The lowest BCUT2D eigenvalue weighted by Crippen LogP contribution is -2.46. The summed E-state index contributed by atoms with van der Waals surface area (Å²) < 4.78 is 5.95. The van der Waals surface area contributed by atoms with Crippen molar-refractivity contribution < 1.29 is 4.74 Å². The van der Waals surface area contributed by atoms with Crippen LogP contribution in [0.3, 0.4) is 0 Å². The number of nitrogen functional groups attached to an aromatic ring is 1. The Kier molecular flexibility index (Phi) is 6.24. The quantitative estimate of drug-likeness (QED) is 0.679. The van der Waals surface area contributed by atoms with Crippen LogP contribution in [0.15, 0.2) is 18.2 Å². The van der Waals surface area contributed by atoms with E-state index in [1.807, 2.05) is 0 Å². The second-order valence-electron chi connectivity index (χ2n) is 8.88. The normalized spacial score (nSPS) is 27.6. The fourth-order valence-corrected chi connectivity index (χ4v) is 4.86. The molecule has 0 bridgehead atoms. The molecule has 3 N–H and O–H groups in total. The van der Waals surface area contributed by atoms with Crippen molar-refractivity contribution in [3.8, 4) is 0 Å². The third-order valence-electron chi connectivity index (χ3n) is 6.73. The summed E-state index contributed by atoms with van der Waals surface area (Å²) in [5.41, 5.74) is 9.75. The Hall–Kier alpha value is -1.26. The minimum Gasteiger partial charge on any atom is -0.397 e. The first-order chi connectivity index (χ1) is 13.2. The molecule has 4 nitrogen and oxygen atoms in total. The van der Waals surface area contributed by atoms with Gasteiger partial charge in [-0.1, -0.05) is 13.0 Å². The molecule has 3 fully saturated rings. The van der Waals surface area contributed by atoms with Crippen LogP contribution in [-0.2, 0) is 4.74 Å². The number of hydrogen-bond acceptors (Lipinski definition) is 4. The largest absolute Gasteiger partial charge is 0.397 e. The summed E-state index contributed by atoms with van der Waals surface area (Å²) in [6.45, 7) is 5.55. The lowest BCUT2D eigenvalue weighted by Gasteiger charge is -2.41. The molecular formula is C23H37N3O. The molecule has 2 aliphatic carbocycles. The predicted molar refractivity (Wildman–Crippen MR) is 113 cm³/mol. The zero-order valence-corrected chi connectivity index (χ0v) is 17.0. The fraction of sp³-hybridized carbons (Fsp3) is 0.739. The van der Waals surface area contributed by atoms with Crippen molar-refractivity contribution in [1.82, 2.24) is 4.90 Å². The van der Waals surface area contributed by atoms with Gasteiger partial charge in [-0.3, -0.25) is 0 Å². The van der Waals surface area contributed by atoms with Gasteiger partial charge >= 0.3 is 0 Å². The Morgan fingerprint density at radius 1 is 1.04 bits per heavy atom. The van der Waals surface area contributed by atoms with Crippen LogP contribution < -0.4 is 11.1 Å². The fourth-order valence-electron chi connectivity index (χ4n) is 4.86. The Labute approximate surface area is 164 Å². The van der Waals surface area contributed by atoms with Gasteiger partial charge in [0.1, 0.15) is 0 Å². The SMILES string of the molecule is CCCOC1CCC(N2CCC(Nc3cc(C4CC4)ccc3N)CC2)CC1. The van der Waals surface area contributed by atoms with E-state index in [1.165, 1.54) is 70.0 Å². The maximum absolute atomic E-state index is 6.23. The molecule has 0 amide bonds. The molecule has 0 radical (unpaired) electrons. The topological polar surface area (TPSA) is 50.5 Å². The molecule has 4 rings (SSSR count). The van der Waals surface area contributed by atoms with E-state index >= 15 is 0 Å². The van der Waals surface area contributed by atoms with Crippen LogP contribution in [0.2, 0.25) is 0 Å². The first-order valence-electron chi connectivity index (χ1n) is 11.2. The number of nitrogens with one attached hydrogen (secondary N) is 1. The molecule has 4 heteroatoms. The van der Waals surface area contributed by atoms with Crippen molar-refractivity contribution in [3.63, 3.8) is 0 Å². The molecule has 0 atom stereocenters. The minimum atomic E-state index is 0.516. The van der Waals surface area contributed by atoms with Gasteiger partial charge in [-0.25, -0.2) is 0 Å². The van der Waals surface area contributed by atoms with Gasteiger partial charge in [0.25, 0.3) is 0 Å². The Morgan fingerprint density at radius 3 is 2.44 bits per heavy atom. The average molecular weight is 372 g/mol. The molecule has 1 aromatic carbocycles. The Bertz CT molecular complexity index is 600. The zero-order chi connectivity index (χ0) is 18.6. The highest BCUT2D eigenvalue weighted by Crippen LogP contribution is 2.41. The van der Waals surface area contributed by atoms with Gasteiger partial charge < -0.3 is 20.7 Å². The van der Waals surface area contributed by atoms with Crippen LogP contribution in [0, 0.1) is 0 Å². The number of hydrogen-bond donors (Lipinski definition) is 2. The van der Waals surface area contributed by atoms with Gasteiger partial charge in [-0.15, -0.1) is 0 Å².